The molecule has 1 fully saturated rings. The molecule has 2 unspecified atom stereocenters. The van der Waals surface area contributed by atoms with E-state index < -0.39 is 0 Å². The molecule has 1 aliphatic rings. The summed E-state index contributed by atoms with van der Waals surface area (Å²) < 4.78 is 0. The van der Waals surface area contributed by atoms with E-state index in [1.807, 2.05) is 13.0 Å². The summed E-state index contributed by atoms with van der Waals surface area (Å²) in [5.41, 5.74) is 1.37. The van der Waals surface area contributed by atoms with Crippen molar-refractivity contribution in [3.63, 3.8) is 0 Å². The number of hydrogen-bond acceptors (Lipinski definition) is 1. The Balaban J connectivity index is 2.06. The van der Waals surface area contributed by atoms with Gasteiger partial charge < -0.3 is 0 Å². The van der Waals surface area contributed by atoms with Gasteiger partial charge in [-0.2, -0.15) is 0 Å². The van der Waals surface area contributed by atoms with Crippen LogP contribution in [0.1, 0.15) is 44.1 Å². The van der Waals surface area contributed by atoms with Crippen LogP contribution in [0.25, 0.3) is 0 Å². The van der Waals surface area contributed by atoms with Crippen molar-refractivity contribution in [1.29, 1.82) is 0 Å². The third-order valence-corrected chi connectivity index (χ3v) is 3.56. The molecule has 2 rings (SSSR count). The zero-order valence-corrected chi connectivity index (χ0v) is 10.3. The molecule has 1 saturated carbocycles. The number of carbonyl (C=O) groups excluding carboxylic acids is 1. The van der Waals surface area contributed by atoms with E-state index in [1.165, 1.54) is 5.56 Å². The van der Waals surface area contributed by atoms with E-state index in [4.69, 9.17) is 0 Å². The number of rotatable bonds is 2. The first kappa shape index (κ1) is 11.9. The van der Waals surface area contributed by atoms with Crippen LogP contribution in [0.2, 0.25) is 0 Å². The van der Waals surface area contributed by atoms with Crippen LogP contribution in [-0.2, 0) is 4.79 Å². The van der Waals surface area contributed by atoms with Crippen LogP contribution in [0.3, 0.4) is 0 Å². The quantitative estimate of drug-likeness (QED) is 0.705. The molecule has 88 valence electrons. The van der Waals surface area contributed by atoms with Crippen LogP contribution in [0.5, 0.6) is 0 Å². The predicted octanol–water partition coefficient (Wildman–Crippen LogP) is 3.55. The van der Waals surface area contributed by atoms with Gasteiger partial charge >= 0.3 is 0 Å². The summed E-state index contributed by atoms with van der Waals surface area (Å²) >= 11 is 0. The maximum Gasteiger partial charge on any atom is 0.136 e. The molecule has 0 aromatic heterocycles. The largest absolute Gasteiger partial charge is 0.299 e. The van der Waals surface area contributed by atoms with E-state index in [0.717, 1.165) is 25.7 Å². The van der Waals surface area contributed by atoms with Gasteiger partial charge in [0.2, 0.25) is 0 Å². The molecule has 0 bridgehead atoms. The fourth-order valence-electron chi connectivity index (χ4n) is 2.56. The van der Waals surface area contributed by atoms with Crippen LogP contribution < -0.4 is 0 Å². The molecule has 0 aliphatic heterocycles. The van der Waals surface area contributed by atoms with E-state index >= 15 is 0 Å². The topological polar surface area (TPSA) is 17.1 Å². The van der Waals surface area contributed by atoms with Crippen molar-refractivity contribution in [2.45, 2.75) is 38.5 Å². The summed E-state index contributed by atoms with van der Waals surface area (Å²) in [6.07, 6.45) is 3.42. The normalized spacial score (nSPS) is 23.9. The highest BCUT2D eigenvalue weighted by molar-refractivity contribution is 5.82. The number of hydrogen-bond donors (Lipinski definition) is 0. The average Bonchev–Trinajstić information content (AvgIpc) is 2.39. The van der Waals surface area contributed by atoms with Crippen molar-refractivity contribution in [2.24, 2.45) is 5.92 Å². The first-order valence-electron chi connectivity index (χ1n) is 6.28. The van der Waals surface area contributed by atoms with Gasteiger partial charge in [0.1, 0.15) is 5.78 Å². The zero-order chi connectivity index (χ0) is 12.1. The highest BCUT2D eigenvalue weighted by Crippen LogP contribution is 2.35. The Morgan fingerprint density at radius 2 is 2.06 bits per heavy atom. The molecule has 0 N–H and O–H groups in total. The second-order valence-corrected chi connectivity index (χ2v) is 4.68. The summed E-state index contributed by atoms with van der Waals surface area (Å²) in [7, 11) is 0. The molecular formula is C16H18O. The Hall–Kier alpha value is -1.55. The fourth-order valence-corrected chi connectivity index (χ4v) is 2.56. The van der Waals surface area contributed by atoms with Gasteiger partial charge in [0.05, 0.1) is 0 Å². The van der Waals surface area contributed by atoms with Gasteiger partial charge in [0.15, 0.2) is 0 Å². The number of carbonyl (C=O) groups is 1. The lowest BCUT2D eigenvalue weighted by Crippen LogP contribution is -2.23. The minimum atomic E-state index is 0.154. The minimum absolute atomic E-state index is 0.154. The van der Waals surface area contributed by atoms with Crippen molar-refractivity contribution >= 4 is 5.78 Å². The molecule has 17 heavy (non-hydrogen) atoms. The molecule has 0 radical (unpaired) electrons. The Labute approximate surface area is 103 Å². The van der Waals surface area contributed by atoms with E-state index in [9.17, 15) is 4.79 Å². The molecule has 0 spiro atoms. The van der Waals surface area contributed by atoms with Gasteiger partial charge in [0.25, 0.3) is 0 Å². The predicted molar refractivity (Wildman–Crippen MR) is 69.6 cm³/mol. The van der Waals surface area contributed by atoms with Gasteiger partial charge in [-0.05, 0) is 31.2 Å². The molecule has 0 saturated heterocycles. The molecule has 0 heterocycles. The second kappa shape index (κ2) is 5.68. The zero-order valence-electron chi connectivity index (χ0n) is 10.3. The third kappa shape index (κ3) is 2.97. The molecule has 1 aliphatic carbocycles. The van der Waals surface area contributed by atoms with Gasteiger partial charge in [-0.1, -0.05) is 30.3 Å². The third-order valence-electron chi connectivity index (χ3n) is 3.56. The molecular weight excluding hydrogens is 208 g/mol. The molecule has 2 atom stereocenters. The maximum atomic E-state index is 11.8. The van der Waals surface area contributed by atoms with Crippen LogP contribution in [0, 0.1) is 17.8 Å². The Kier molecular flexibility index (Phi) is 3.98. The summed E-state index contributed by atoms with van der Waals surface area (Å²) in [4.78, 5) is 11.8. The minimum Gasteiger partial charge on any atom is -0.299 e. The van der Waals surface area contributed by atoms with Crippen molar-refractivity contribution < 1.29 is 4.79 Å². The van der Waals surface area contributed by atoms with Crippen LogP contribution in [0.15, 0.2) is 30.3 Å². The van der Waals surface area contributed by atoms with Gasteiger partial charge in [-0.3, -0.25) is 4.79 Å². The van der Waals surface area contributed by atoms with E-state index in [1.54, 1.807) is 0 Å². The van der Waals surface area contributed by atoms with E-state index in [0.29, 0.717) is 11.7 Å². The Bertz CT molecular complexity index is 436. The highest BCUT2D eigenvalue weighted by Gasteiger charge is 2.28. The number of ketones is 1. The molecule has 1 nitrogen and oxygen atoms in total. The fraction of sp³-hybridized carbons (Fsp3) is 0.438. The lowest BCUT2D eigenvalue weighted by atomic mass is 9.76. The first-order valence-corrected chi connectivity index (χ1v) is 6.28. The highest BCUT2D eigenvalue weighted by atomic mass is 16.1. The second-order valence-electron chi connectivity index (χ2n) is 4.68. The van der Waals surface area contributed by atoms with Gasteiger partial charge in [-0.15, -0.1) is 11.8 Å². The summed E-state index contributed by atoms with van der Waals surface area (Å²) in [6.45, 7) is 1.84. The van der Waals surface area contributed by atoms with Crippen LogP contribution in [0.4, 0.5) is 0 Å². The number of benzene rings is 1. The summed E-state index contributed by atoms with van der Waals surface area (Å²) in [5.74, 6) is 7.03. The maximum absolute atomic E-state index is 11.8. The summed E-state index contributed by atoms with van der Waals surface area (Å²) in [5, 5.41) is 0. The molecule has 0 amide bonds. The lowest BCUT2D eigenvalue weighted by Gasteiger charge is -2.27. The Morgan fingerprint density at radius 1 is 1.29 bits per heavy atom. The standard InChI is InChI=1S/C16H18O/c1-2-3-7-15-12-14(10-11-16(15)17)13-8-5-4-6-9-13/h4-6,8-9,14-15H,7,10-12H2,1H3. The number of Topliss-reactive ketones (excluding diaryl/α,β-unsaturated/α-hetero) is 1. The average molecular weight is 226 g/mol. The van der Waals surface area contributed by atoms with Gasteiger partial charge in [0, 0.05) is 18.8 Å². The van der Waals surface area contributed by atoms with Crippen molar-refractivity contribution in [2.75, 3.05) is 0 Å². The molecule has 1 heteroatoms. The molecule has 1 aromatic rings. The lowest BCUT2D eigenvalue weighted by molar-refractivity contribution is -0.124. The smallest absolute Gasteiger partial charge is 0.136 e. The first-order chi connectivity index (χ1) is 8.31. The van der Waals surface area contributed by atoms with E-state index in [2.05, 4.69) is 36.1 Å². The van der Waals surface area contributed by atoms with Crippen molar-refractivity contribution in [1.82, 2.24) is 0 Å². The molecule has 1 aromatic carbocycles. The van der Waals surface area contributed by atoms with Gasteiger partial charge in [-0.25, -0.2) is 0 Å². The monoisotopic (exact) mass is 226 g/mol. The van der Waals surface area contributed by atoms with E-state index in [-0.39, 0.29) is 5.92 Å². The summed E-state index contributed by atoms with van der Waals surface area (Å²) in [6, 6.07) is 10.5. The van der Waals surface area contributed by atoms with Crippen molar-refractivity contribution in [3.05, 3.63) is 35.9 Å². The Morgan fingerprint density at radius 3 is 2.76 bits per heavy atom. The van der Waals surface area contributed by atoms with Crippen LogP contribution in [-0.4, -0.2) is 5.78 Å². The SMILES string of the molecule is CC#CCC1CC(c2ccccc2)CCC1=O. The van der Waals surface area contributed by atoms with Crippen LogP contribution >= 0.6 is 0 Å². The van der Waals surface area contributed by atoms with Crippen molar-refractivity contribution in [3.8, 4) is 11.8 Å².